The Bertz CT molecular complexity index is 1230. The Labute approximate surface area is 209 Å². The van der Waals surface area contributed by atoms with Gasteiger partial charge in [0.25, 0.3) is 5.91 Å². The van der Waals surface area contributed by atoms with Crippen LogP contribution in [0, 0.1) is 0 Å². The van der Waals surface area contributed by atoms with Crippen molar-refractivity contribution >= 4 is 44.2 Å². The summed E-state index contributed by atoms with van der Waals surface area (Å²) in [4.78, 5) is 25.6. The summed E-state index contributed by atoms with van der Waals surface area (Å²) >= 11 is 4.67. The Morgan fingerprint density at radius 1 is 0.912 bits per heavy atom. The highest BCUT2D eigenvalue weighted by Crippen LogP contribution is 2.27. The van der Waals surface area contributed by atoms with Crippen molar-refractivity contribution in [2.24, 2.45) is 0 Å². The molecule has 0 bridgehead atoms. The highest BCUT2D eigenvalue weighted by Gasteiger charge is 2.23. The second-order valence-electron chi connectivity index (χ2n) is 7.32. The molecule has 1 heterocycles. The van der Waals surface area contributed by atoms with Crippen molar-refractivity contribution in [3.05, 3.63) is 95.0 Å². The molecule has 4 rings (SSSR count). The second kappa shape index (κ2) is 11.5. The number of para-hydroxylation sites is 1. The summed E-state index contributed by atoms with van der Waals surface area (Å²) < 4.78 is 6.47. The van der Waals surface area contributed by atoms with Crippen molar-refractivity contribution in [2.45, 2.75) is 12.5 Å². The maximum Gasteiger partial charge on any atom is 0.258 e. The number of hydrogen-bond donors (Lipinski definition) is 2. The van der Waals surface area contributed by atoms with Gasteiger partial charge < -0.3 is 10.1 Å². The van der Waals surface area contributed by atoms with Crippen LogP contribution in [0.5, 0.6) is 5.75 Å². The molecule has 1 unspecified atom stereocenters. The van der Waals surface area contributed by atoms with E-state index in [1.165, 1.54) is 11.3 Å². The number of amides is 2. The molecule has 1 atom stereocenters. The lowest BCUT2D eigenvalue weighted by atomic mass is 10.1. The first-order valence-corrected chi connectivity index (χ1v) is 12.1. The fourth-order valence-electron chi connectivity index (χ4n) is 3.14. The zero-order valence-corrected chi connectivity index (χ0v) is 20.4. The highest BCUT2D eigenvalue weighted by atomic mass is 79.9. The Balaban J connectivity index is 1.43. The molecule has 0 saturated heterocycles. The molecule has 9 heteroatoms. The molecule has 2 amide bonds. The molecule has 34 heavy (non-hydrogen) atoms. The molecule has 0 aliphatic carbocycles. The number of benzene rings is 3. The summed E-state index contributed by atoms with van der Waals surface area (Å²) in [6.45, 7) is -0.199. The molecule has 7 nitrogen and oxygen atoms in total. The molecule has 0 aliphatic rings. The smallest absolute Gasteiger partial charge is 0.258 e. The standard InChI is InChI=1S/C25H21BrN4O3S/c26-19-13-11-18(12-14-19)24-29-30-25(34-24)28-23(32)21(15-17-7-3-1-4-8-17)27-22(31)16-33-20-9-5-2-6-10-20/h1-14,21H,15-16H2,(H,27,31)(H,28,30,32). The van der Waals surface area contributed by atoms with E-state index in [-0.39, 0.29) is 12.5 Å². The zero-order chi connectivity index (χ0) is 23.8. The number of hydrogen-bond acceptors (Lipinski definition) is 6. The summed E-state index contributed by atoms with van der Waals surface area (Å²) in [7, 11) is 0. The lowest BCUT2D eigenvalue weighted by Crippen LogP contribution is -2.46. The lowest BCUT2D eigenvalue weighted by molar-refractivity contribution is -0.127. The average Bonchev–Trinajstić information content (AvgIpc) is 3.32. The first-order valence-electron chi connectivity index (χ1n) is 10.5. The minimum Gasteiger partial charge on any atom is -0.484 e. The number of aromatic nitrogens is 2. The van der Waals surface area contributed by atoms with Crippen molar-refractivity contribution in [2.75, 3.05) is 11.9 Å². The van der Waals surface area contributed by atoms with E-state index in [1.54, 1.807) is 12.1 Å². The molecule has 0 fully saturated rings. The van der Waals surface area contributed by atoms with Crippen LogP contribution in [-0.4, -0.2) is 34.7 Å². The molecule has 0 saturated carbocycles. The van der Waals surface area contributed by atoms with E-state index in [2.05, 4.69) is 36.8 Å². The number of carbonyl (C=O) groups excluding carboxylic acids is 2. The van der Waals surface area contributed by atoms with E-state index in [0.29, 0.717) is 22.3 Å². The summed E-state index contributed by atoms with van der Waals surface area (Å²) in [6.07, 6.45) is 0.322. The van der Waals surface area contributed by atoms with Crippen LogP contribution in [0.15, 0.2) is 89.4 Å². The van der Waals surface area contributed by atoms with Crippen LogP contribution in [-0.2, 0) is 16.0 Å². The third-order valence-electron chi connectivity index (χ3n) is 4.79. The van der Waals surface area contributed by atoms with Gasteiger partial charge in [-0.3, -0.25) is 14.9 Å². The Hall–Kier alpha value is -3.56. The highest BCUT2D eigenvalue weighted by molar-refractivity contribution is 9.10. The number of carbonyl (C=O) groups is 2. The third-order valence-corrected chi connectivity index (χ3v) is 6.21. The largest absolute Gasteiger partial charge is 0.484 e. The van der Waals surface area contributed by atoms with Crippen molar-refractivity contribution in [3.8, 4) is 16.3 Å². The predicted octanol–water partition coefficient (Wildman–Crippen LogP) is 4.71. The van der Waals surface area contributed by atoms with E-state index in [0.717, 1.165) is 15.6 Å². The second-order valence-corrected chi connectivity index (χ2v) is 9.21. The number of nitrogens with zero attached hydrogens (tertiary/aromatic N) is 2. The van der Waals surface area contributed by atoms with Gasteiger partial charge in [-0.2, -0.15) is 0 Å². The molecule has 3 aromatic carbocycles. The van der Waals surface area contributed by atoms with Crippen LogP contribution in [0.2, 0.25) is 0 Å². The molecule has 1 aromatic heterocycles. The lowest BCUT2D eigenvalue weighted by Gasteiger charge is -2.18. The number of ether oxygens (including phenoxy) is 1. The Morgan fingerprint density at radius 3 is 2.29 bits per heavy atom. The molecule has 4 aromatic rings. The van der Waals surface area contributed by atoms with Gasteiger partial charge in [-0.05, 0) is 29.8 Å². The van der Waals surface area contributed by atoms with Crippen molar-refractivity contribution in [3.63, 3.8) is 0 Å². The van der Waals surface area contributed by atoms with Gasteiger partial charge in [0.1, 0.15) is 16.8 Å². The van der Waals surface area contributed by atoms with Crippen LogP contribution in [0.1, 0.15) is 5.56 Å². The minimum absolute atomic E-state index is 0.199. The number of nitrogens with one attached hydrogen (secondary N) is 2. The predicted molar refractivity (Wildman–Crippen MR) is 136 cm³/mol. The van der Waals surface area contributed by atoms with Gasteiger partial charge in [0, 0.05) is 16.5 Å². The molecule has 2 N–H and O–H groups in total. The SMILES string of the molecule is O=C(COc1ccccc1)NC(Cc1ccccc1)C(=O)Nc1nnc(-c2ccc(Br)cc2)s1. The van der Waals surface area contributed by atoms with Gasteiger partial charge in [-0.1, -0.05) is 87.9 Å². The number of rotatable bonds is 9. The molecule has 0 aliphatic heterocycles. The molecular formula is C25H21BrN4O3S. The van der Waals surface area contributed by atoms with Crippen LogP contribution < -0.4 is 15.4 Å². The molecule has 172 valence electrons. The maximum absolute atomic E-state index is 13.1. The summed E-state index contributed by atoms with van der Waals surface area (Å²) in [5.41, 5.74) is 1.81. The summed E-state index contributed by atoms with van der Waals surface area (Å²) in [5.74, 6) is -0.195. The third kappa shape index (κ3) is 6.72. The monoisotopic (exact) mass is 536 g/mol. The van der Waals surface area contributed by atoms with Crippen LogP contribution in [0.3, 0.4) is 0 Å². The zero-order valence-electron chi connectivity index (χ0n) is 18.0. The van der Waals surface area contributed by atoms with Gasteiger partial charge in [-0.15, -0.1) is 10.2 Å². The fraction of sp³-hybridized carbons (Fsp3) is 0.120. The van der Waals surface area contributed by atoms with Gasteiger partial charge in [0.05, 0.1) is 0 Å². The maximum atomic E-state index is 13.1. The van der Waals surface area contributed by atoms with Gasteiger partial charge in [0.15, 0.2) is 6.61 Å². The van der Waals surface area contributed by atoms with Gasteiger partial charge in [-0.25, -0.2) is 0 Å². The molecule has 0 spiro atoms. The van der Waals surface area contributed by atoms with Crippen LogP contribution in [0.4, 0.5) is 5.13 Å². The van der Waals surface area contributed by atoms with E-state index in [9.17, 15) is 9.59 Å². The Morgan fingerprint density at radius 2 is 1.59 bits per heavy atom. The van der Waals surface area contributed by atoms with E-state index >= 15 is 0 Å². The Kier molecular flexibility index (Phi) is 8.00. The number of anilines is 1. The first-order chi connectivity index (χ1) is 16.6. The van der Waals surface area contributed by atoms with Crippen molar-refractivity contribution in [1.29, 1.82) is 0 Å². The minimum atomic E-state index is -0.811. The number of halogens is 1. The fourth-order valence-corrected chi connectivity index (χ4v) is 4.15. The van der Waals surface area contributed by atoms with Crippen LogP contribution in [0.25, 0.3) is 10.6 Å². The van der Waals surface area contributed by atoms with Gasteiger partial charge >= 0.3 is 0 Å². The normalized spacial score (nSPS) is 11.4. The van der Waals surface area contributed by atoms with Crippen molar-refractivity contribution < 1.29 is 14.3 Å². The molecular weight excluding hydrogens is 516 g/mol. The van der Waals surface area contributed by atoms with Crippen molar-refractivity contribution in [1.82, 2.24) is 15.5 Å². The van der Waals surface area contributed by atoms with Crippen LogP contribution >= 0.6 is 27.3 Å². The quantitative estimate of drug-likeness (QED) is 0.323. The average molecular weight is 537 g/mol. The van der Waals surface area contributed by atoms with E-state index in [4.69, 9.17) is 4.74 Å². The molecule has 0 radical (unpaired) electrons. The van der Waals surface area contributed by atoms with Gasteiger partial charge in [0.2, 0.25) is 11.0 Å². The summed E-state index contributed by atoms with van der Waals surface area (Å²) in [5, 5.41) is 14.9. The first kappa shape index (κ1) is 23.6. The topological polar surface area (TPSA) is 93.2 Å². The van der Waals surface area contributed by atoms with E-state index < -0.39 is 11.9 Å². The summed E-state index contributed by atoms with van der Waals surface area (Å²) in [6, 6.07) is 25.4. The van der Waals surface area contributed by atoms with E-state index in [1.807, 2.05) is 72.8 Å².